The summed E-state index contributed by atoms with van der Waals surface area (Å²) < 4.78 is 5.49. The summed E-state index contributed by atoms with van der Waals surface area (Å²) in [4.78, 5) is 28.7. The van der Waals surface area contributed by atoms with E-state index in [4.69, 9.17) is 4.42 Å². The molecule has 0 unspecified atom stereocenters. The lowest BCUT2D eigenvalue weighted by molar-refractivity contribution is -0.120. The maximum atomic E-state index is 12.4. The summed E-state index contributed by atoms with van der Waals surface area (Å²) in [5, 5.41) is 14.9. The first-order valence-corrected chi connectivity index (χ1v) is 9.97. The number of hydrogen-bond donors (Lipinski definition) is 2. The van der Waals surface area contributed by atoms with Gasteiger partial charge in [-0.25, -0.2) is 0 Å². The molecule has 2 heterocycles. The van der Waals surface area contributed by atoms with Gasteiger partial charge in [0.2, 0.25) is 17.7 Å². The summed E-state index contributed by atoms with van der Waals surface area (Å²) in [6.07, 6.45) is 0. The number of piperazine rings is 1. The van der Waals surface area contributed by atoms with Crippen molar-refractivity contribution in [3.8, 4) is 6.07 Å². The van der Waals surface area contributed by atoms with Crippen molar-refractivity contribution in [1.82, 2.24) is 9.80 Å². The standard InChI is InChI=1S/C22H27N5O3/c1-15-4-6-18(7-5-15)24-20(28)13-26-8-10-27(11-9-26)14-21(29)25-22-19(12-23)16(2)17(3)30-22/h4-7H,8-11,13-14H2,1-3H3,(H,24,28)(H,25,29). The molecule has 8 heteroatoms. The highest BCUT2D eigenvalue weighted by Crippen LogP contribution is 2.25. The number of carbonyl (C=O) groups excluding carboxylic acids is 2. The smallest absolute Gasteiger partial charge is 0.240 e. The molecule has 1 aromatic heterocycles. The third-order valence-corrected chi connectivity index (χ3v) is 5.28. The number of amides is 2. The Morgan fingerprint density at radius 2 is 1.50 bits per heavy atom. The van der Waals surface area contributed by atoms with Gasteiger partial charge in [-0.15, -0.1) is 0 Å². The quantitative estimate of drug-likeness (QED) is 0.759. The summed E-state index contributed by atoms with van der Waals surface area (Å²) in [5.74, 6) is 0.576. The number of furan rings is 1. The lowest BCUT2D eigenvalue weighted by Gasteiger charge is -2.33. The van der Waals surface area contributed by atoms with Gasteiger partial charge in [0.05, 0.1) is 13.1 Å². The van der Waals surface area contributed by atoms with Crippen LogP contribution in [-0.2, 0) is 9.59 Å². The van der Waals surface area contributed by atoms with Crippen molar-refractivity contribution in [2.45, 2.75) is 20.8 Å². The Bertz CT molecular complexity index is 950. The third kappa shape index (κ3) is 5.47. The monoisotopic (exact) mass is 409 g/mol. The predicted molar refractivity (Wildman–Crippen MR) is 114 cm³/mol. The van der Waals surface area contributed by atoms with Crippen LogP contribution in [0.4, 0.5) is 11.6 Å². The SMILES string of the molecule is Cc1ccc(NC(=O)CN2CCN(CC(=O)Nc3oc(C)c(C)c3C#N)CC2)cc1. The van der Waals surface area contributed by atoms with E-state index in [9.17, 15) is 14.9 Å². The fraction of sp³-hybridized carbons (Fsp3) is 0.409. The van der Waals surface area contributed by atoms with E-state index in [2.05, 4.69) is 21.6 Å². The van der Waals surface area contributed by atoms with Crippen LogP contribution in [0.3, 0.4) is 0 Å². The van der Waals surface area contributed by atoms with Crippen molar-refractivity contribution in [2.75, 3.05) is 49.9 Å². The van der Waals surface area contributed by atoms with Gasteiger partial charge in [0.25, 0.3) is 0 Å². The molecule has 1 aliphatic heterocycles. The highest BCUT2D eigenvalue weighted by molar-refractivity contribution is 5.93. The Hall–Kier alpha value is -3.15. The Kier molecular flexibility index (Phi) is 6.87. The van der Waals surface area contributed by atoms with Gasteiger partial charge in [-0.2, -0.15) is 5.26 Å². The molecule has 0 bridgehead atoms. The van der Waals surface area contributed by atoms with Gasteiger partial charge >= 0.3 is 0 Å². The summed E-state index contributed by atoms with van der Waals surface area (Å²) >= 11 is 0. The molecule has 8 nitrogen and oxygen atoms in total. The molecule has 2 N–H and O–H groups in total. The van der Waals surface area contributed by atoms with Crippen molar-refractivity contribution in [3.63, 3.8) is 0 Å². The molecule has 2 amide bonds. The molecule has 0 spiro atoms. The number of anilines is 2. The molecule has 1 fully saturated rings. The average molecular weight is 409 g/mol. The number of benzene rings is 1. The van der Waals surface area contributed by atoms with Crippen molar-refractivity contribution in [2.24, 2.45) is 0 Å². The van der Waals surface area contributed by atoms with Crippen molar-refractivity contribution in [1.29, 1.82) is 5.26 Å². The molecule has 0 saturated carbocycles. The second-order valence-corrected chi connectivity index (χ2v) is 7.61. The highest BCUT2D eigenvalue weighted by Gasteiger charge is 2.22. The van der Waals surface area contributed by atoms with E-state index in [-0.39, 0.29) is 24.2 Å². The summed E-state index contributed by atoms with van der Waals surface area (Å²) in [6, 6.07) is 9.78. The third-order valence-electron chi connectivity index (χ3n) is 5.28. The molecule has 3 rings (SSSR count). The first-order valence-electron chi connectivity index (χ1n) is 9.97. The van der Waals surface area contributed by atoms with Gasteiger partial charge in [-0.05, 0) is 32.9 Å². The molecule has 30 heavy (non-hydrogen) atoms. The minimum Gasteiger partial charge on any atom is -0.444 e. The maximum absolute atomic E-state index is 12.4. The lowest BCUT2D eigenvalue weighted by Crippen LogP contribution is -2.50. The van der Waals surface area contributed by atoms with Gasteiger partial charge < -0.3 is 9.73 Å². The molecule has 0 atom stereocenters. The Morgan fingerprint density at radius 1 is 0.967 bits per heavy atom. The van der Waals surface area contributed by atoms with Crippen molar-refractivity contribution < 1.29 is 14.0 Å². The molecular weight excluding hydrogens is 382 g/mol. The van der Waals surface area contributed by atoms with E-state index in [1.54, 1.807) is 13.8 Å². The van der Waals surface area contributed by atoms with Gasteiger partial charge in [0.1, 0.15) is 17.4 Å². The minimum absolute atomic E-state index is 0.0439. The topological polar surface area (TPSA) is 102 Å². The Morgan fingerprint density at radius 3 is 2.03 bits per heavy atom. The van der Waals surface area contributed by atoms with Gasteiger partial charge in [0, 0.05) is 37.4 Å². The molecule has 1 aliphatic rings. The number of hydrogen-bond acceptors (Lipinski definition) is 6. The van der Waals surface area contributed by atoms with E-state index in [1.807, 2.05) is 36.1 Å². The maximum Gasteiger partial charge on any atom is 0.240 e. The van der Waals surface area contributed by atoms with E-state index in [1.165, 1.54) is 0 Å². The van der Waals surface area contributed by atoms with Crippen LogP contribution >= 0.6 is 0 Å². The van der Waals surface area contributed by atoms with Crippen LogP contribution in [0, 0.1) is 32.1 Å². The van der Waals surface area contributed by atoms with E-state index < -0.39 is 0 Å². The van der Waals surface area contributed by atoms with Crippen molar-refractivity contribution in [3.05, 3.63) is 46.7 Å². The fourth-order valence-corrected chi connectivity index (χ4v) is 3.36. The zero-order chi connectivity index (χ0) is 21.7. The van der Waals surface area contributed by atoms with Crippen LogP contribution < -0.4 is 10.6 Å². The van der Waals surface area contributed by atoms with Crippen LogP contribution in [-0.4, -0.2) is 60.9 Å². The number of aryl methyl sites for hydroxylation is 2. The van der Waals surface area contributed by atoms with Crippen LogP contribution in [0.15, 0.2) is 28.7 Å². The number of rotatable bonds is 6. The molecule has 158 valence electrons. The molecule has 0 radical (unpaired) electrons. The van der Waals surface area contributed by atoms with E-state index in [0.29, 0.717) is 44.0 Å². The second kappa shape index (κ2) is 9.57. The lowest BCUT2D eigenvalue weighted by atomic mass is 10.2. The van der Waals surface area contributed by atoms with Gasteiger partial charge in [-0.3, -0.25) is 24.7 Å². The molecule has 2 aromatic rings. The Labute approximate surface area is 176 Å². The van der Waals surface area contributed by atoms with Crippen LogP contribution in [0.2, 0.25) is 0 Å². The number of nitriles is 1. The van der Waals surface area contributed by atoms with E-state index in [0.717, 1.165) is 16.8 Å². The Balaban J connectivity index is 1.42. The summed E-state index contributed by atoms with van der Waals surface area (Å²) in [7, 11) is 0. The zero-order valence-corrected chi connectivity index (χ0v) is 17.6. The average Bonchev–Trinajstić information content (AvgIpc) is 2.97. The molecule has 1 saturated heterocycles. The van der Waals surface area contributed by atoms with Crippen molar-refractivity contribution >= 4 is 23.4 Å². The number of nitrogens with zero attached hydrogens (tertiary/aromatic N) is 3. The minimum atomic E-state index is -0.217. The van der Waals surface area contributed by atoms with Crippen LogP contribution in [0.25, 0.3) is 0 Å². The van der Waals surface area contributed by atoms with Gasteiger partial charge in [0.15, 0.2) is 0 Å². The van der Waals surface area contributed by atoms with E-state index >= 15 is 0 Å². The first-order chi connectivity index (χ1) is 14.4. The second-order valence-electron chi connectivity index (χ2n) is 7.61. The summed E-state index contributed by atoms with van der Waals surface area (Å²) in [6.45, 7) is 8.89. The highest BCUT2D eigenvalue weighted by atomic mass is 16.4. The molecular formula is C22H27N5O3. The molecule has 0 aliphatic carbocycles. The van der Waals surface area contributed by atoms with Crippen LogP contribution in [0.5, 0.6) is 0 Å². The number of nitrogens with one attached hydrogen (secondary N) is 2. The zero-order valence-electron chi connectivity index (χ0n) is 17.6. The van der Waals surface area contributed by atoms with Crippen LogP contribution in [0.1, 0.15) is 22.5 Å². The summed E-state index contributed by atoms with van der Waals surface area (Å²) in [5.41, 5.74) is 3.05. The number of carbonyl (C=O) groups is 2. The fourth-order valence-electron chi connectivity index (χ4n) is 3.36. The normalized spacial score (nSPS) is 14.9. The predicted octanol–water partition coefficient (Wildman–Crippen LogP) is 2.27. The first kappa shape index (κ1) is 21.6. The van der Waals surface area contributed by atoms with Gasteiger partial charge in [-0.1, -0.05) is 17.7 Å². The molecule has 1 aromatic carbocycles. The largest absolute Gasteiger partial charge is 0.444 e.